The maximum atomic E-state index is 14.1. The lowest BCUT2D eigenvalue weighted by Gasteiger charge is -2.43. The zero-order valence-corrected chi connectivity index (χ0v) is 41.7. The SMILES string of the molecule is CNC(=O)CCC(=O)O[C@@H]1C[C@@H](COC(c2ccccc2)(c2ccc(OC)cc2)c2ccc(OC)cc2)N(C(=O)CCCCCCC(=O)CCCC(=O)CC2OC(COC(C)=O)C(C)C(C)C2C)C1. The van der Waals surface area contributed by atoms with Crippen LogP contribution in [0.1, 0.15) is 128 Å². The van der Waals surface area contributed by atoms with Crippen molar-refractivity contribution < 1.29 is 57.2 Å². The lowest BCUT2D eigenvalue weighted by molar-refractivity contribution is -0.171. The summed E-state index contributed by atoms with van der Waals surface area (Å²) in [5, 5.41) is 2.53. The summed E-state index contributed by atoms with van der Waals surface area (Å²) < 4.78 is 35.6. The monoisotopic (exact) mass is 955 g/mol. The first kappa shape index (κ1) is 54.3. The number of hydrogen-bond acceptors (Lipinski definition) is 12. The second kappa shape index (κ2) is 27.0. The van der Waals surface area contributed by atoms with Crippen molar-refractivity contribution in [3.8, 4) is 11.5 Å². The van der Waals surface area contributed by atoms with Gasteiger partial charge in [-0.2, -0.15) is 0 Å². The largest absolute Gasteiger partial charge is 0.497 e. The van der Waals surface area contributed by atoms with E-state index in [1.165, 1.54) is 14.0 Å². The number of Topliss-reactive ketones (excluding diaryl/α,β-unsaturated/α-hetero) is 2. The van der Waals surface area contributed by atoms with E-state index in [-0.39, 0.29) is 98.8 Å². The number of likely N-dealkylation sites (tertiary alicyclic amines) is 1. The van der Waals surface area contributed by atoms with E-state index in [9.17, 15) is 28.8 Å². The predicted molar refractivity (Wildman–Crippen MR) is 261 cm³/mol. The Labute approximate surface area is 408 Å². The summed E-state index contributed by atoms with van der Waals surface area (Å²) in [5.41, 5.74) is 1.44. The molecule has 0 aliphatic carbocycles. The van der Waals surface area contributed by atoms with Crippen LogP contribution in [0.2, 0.25) is 0 Å². The number of hydrogen-bond donors (Lipinski definition) is 1. The van der Waals surface area contributed by atoms with E-state index >= 15 is 0 Å². The molecule has 2 fully saturated rings. The molecule has 0 radical (unpaired) electrons. The molecule has 5 rings (SSSR count). The van der Waals surface area contributed by atoms with Crippen molar-refractivity contribution in [3.63, 3.8) is 0 Å². The van der Waals surface area contributed by atoms with Gasteiger partial charge in [-0.1, -0.05) is 88.2 Å². The Morgan fingerprint density at radius 1 is 0.652 bits per heavy atom. The molecule has 2 heterocycles. The molecule has 0 aromatic heterocycles. The van der Waals surface area contributed by atoms with Gasteiger partial charge in [0.2, 0.25) is 11.8 Å². The number of ether oxygens (including phenoxy) is 6. The number of nitrogens with one attached hydrogen (secondary N) is 1. The van der Waals surface area contributed by atoms with Crippen LogP contribution in [0.4, 0.5) is 0 Å². The van der Waals surface area contributed by atoms with Crippen LogP contribution in [0.5, 0.6) is 11.5 Å². The first-order chi connectivity index (χ1) is 33.2. The van der Waals surface area contributed by atoms with E-state index in [0.717, 1.165) is 29.5 Å². The first-order valence-corrected chi connectivity index (χ1v) is 24.7. The van der Waals surface area contributed by atoms with E-state index in [2.05, 4.69) is 26.1 Å². The van der Waals surface area contributed by atoms with Crippen LogP contribution in [0.15, 0.2) is 78.9 Å². The smallest absolute Gasteiger partial charge is 0.306 e. The molecule has 14 nitrogen and oxygen atoms in total. The lowest BCUT2D eigenvalue weighted by atomic mass is 9.75. The second-order valence-corrected chi connectivity index (χ2v) is 18.7. The molecule has 5 unspecified atom stereocenters. The summed E-state index contributed by atoms with van der Waals surface area (Å²) in [6.07, 6.45) is 4.15. The van der Waals surface area contributed by atoms with Crippen LogP contribution < -0.4 is 14.8 Å². The summed E-state index contributed by atoms with van der Waals surface area (Å²) in [5.74, 6) is 1.04. The number of rotatable bonds is 27. The van der Waals surface area contributed by atoms with Crippen molar-refractivity contribution in [2.45, 2.75) is 141 Å². The minimum absolute atomic E-state index is 0.00289. The number of carbonyl (C=O) groups is 6. The molecule has 2 aliphatic heterocycles. The Bertz CT molecular complexity index is 2080. The van der Waals surface area contributed by atoms with E-state index in [4.69, 9.17) is 28.4 Å². The molecule has 3 aromatic carbocycles. The summed E-state index contributed by atoms with van der Waals surface area (Å²) in [7, 11) is 4.75. The Balaban J connectivity index is 1.17. The summed E-state index contributed by atoms with van der Waals surface area (Å²) in [6.45, 7) is 8.19. The average molecular weight is 955 g/mol. The van der Waals surface area contributed by atoms with Gasteiger partial charge in [-0.15, -0.1) is 0 Å². The first-order valence-electron chi connectivity index (χ1n) is 24.7. The summed E-state index contributed by atoms with van der Waals surface area (Å²) in [6, 6.07) is 24.9. The van der Waals surface area contributed by atoms with Crippen molar-refractivity contribution in [2.24, 2.45) is 17.8 Å². The number of carbonyl (C=O) groups excluding carboxylic acids is 6. The number of nitrogens with zero attached hydrogens (tertiary/aromatic N) is 1. The molecule has 7 atom stereocenters. The minimum atomic E-state index is -1.12. The number of amides is 2. The highest BCUT2D eigenvalue weighted by atomic mass is 16.6. The fourth-order valence-corrected chi connectivity index (χ4v) is 9.59. The van der Waals surface area contributed by atoms with Crippen LogP contribution in [-0.2, 0) is 53.3 Å². The van der Waals surface area contributed by atoms with Gasteiger partial charge in [0, 0.05) is 58.9 Å². The number of esters is 2. The molecule has 2 saturated heterocycles. The summed E-state index contributed by atoms with van der Waals surface area (Å²) >= 11 is 0. The zero-order valence-electron chi connectivity index (χ0n) is 41.7. The van der Waals surface area contributed by atoms with E-state index in [1.807, 2.05) is 78.9 Å². The van der Waals surface area contributed by atoms with Crippen LogP contribution >= 0.6 is 0 Å². The Kier molecular flexibility index (Phi) is 21.2. The maximum Gasteiger partial charge on any atom is 0.306 e. The molecule has 0 saturated carbocycles. The topological polar surface area (TPSA) is 173 Å². The molecule has 1 N–H and O–H groups in total. The van der Waals surface area contributed by atoms with Gasteiger partial charge < -0.3 is 38.6 Å². The highest BCUT2D eigenvalue weighted by Crippen LogP contribution is 2.43. The molecule has 3 aromatic rings. The lowest BCUT2D eigenvalue weighted by Crippen LogP contribution is -2.47. The third-order valence-corrected chi connectivity index (χ3v) is 14.1. The molecule has 14 heteroatoms. The van der Waals surface area contributed by atoms with Crippen LogP contribution in [0.25, 0.3) is 0 Å². The number of benzene rings is 3. The molecule has 69 heavy (non-hydrogen) atoms. The fourth-order valence-electron chi connectivity index (χ4n) is 9.59. The van der Waals surface area contributed by atoms with Gasteiger partial charge >= 0.3 is 11.9 Å². The number of unbranched alkanes of at least 4 members (excludes halogenated alkanes) is 3. The van der Waals surface area contributed by atoms with Gasteiger partial charge in [0.25, 0.3) is 0 Å². The molecular weight excluding hydrogens is 881 g/mol. The van der Waals surface area contributed by atoms with Gasteiger partial charge in [-0.05, 0) is 78.0 Å². The Morgan fingerprint density at radius 2 is 1.22 bits per heavy atom. The van der Waals surface area contributed by atoms with Crippen LogP contribution in [-0.4, -0.2) is 106 Å². The van der Waals surface area contributed by atoms with Crippen LogP contribution in [0, 0.1) is 17.8 Å². The van der Waals surface area contributed by atoms with Gasteiger partial charge in [0.05, 0.1) is 52.0 Å². The normalized spacial score (nSPS) is 21.3. The molecule has 2 aliphatic rings. The van der Waals surface area contributed by atoms with E-state index < -0.39 is 23.7 Å². The highest BCUT2D eigenvalue weighted by Gasteiger charge is 2.43. The Morgan fingerprint density at radius 3 is 1.81 bits per heavy atom. The third-order valence-electron chi connectivity index (χ3n) is 14.1. The van der Waals surface area contributed by atoms with Gasteiger partial charge in [-0.25, -0.2) is 0 Å². The molecular formula is C55H74N2O12. The van der Waals surface area contributed by atoms with Crippen LogP contribution in [0.3, 0.4) is 0 Å². The quantitative estimate of drug-likeness (QED) is 0.0441. The zero-order chi connectivity index (χ0) is 49.9. The molecule has 0 spiro atoms. The average Bonchev–Trinajstić information content (AvgIpc) is 3.76. The van der Waals surface area contributed by atoms with Crippen molar-refractivity contribution in [2.75, 3.05) is 41.0 Å². The van der Waals surface area contributed by atoms with E-state index in [1.54, 1.807) is 19.1 Å². The van der Waals surface area contributed by atoms with Crippen molar-refractivity contribution in [3.05, 3.63) is 95.6 Å². The molecule has 0 bridgehead atoms. The number of ketones is 2. The maximum absolute atomic E-state index is 14.1. The molecule has 2 amide bonds. The highest BCUT2D eigenvalue weighted by molar-refractivity contribution is 5.82. The van der Waals surface area contributed by atoms with E-state index in [0.29, 0.717) is 62.4 Å². The molecule has 376 valence electrons. The minimum Gasteiger partial charge on any atom is -0.497 e. The van der Waals surface area contributed by atoms with Crippen molar-refractivity contribution >= 4 is 35.3 Å². The standard InChI is InChI=1S/C55H74N2O12/c1-37-38(2)50(69-51(39(37)3)36-66-40(4)58)33-46(60)20-15-19-45(59)18-13-8-9-14-21-53(62)57-34-49(68-54(63)31-30-52(61)56-5)32-44(57)35-67-55(41-16-11-10-12-17-41,42-22-26-47(64-6)27-23-42)43-24-28-48(65-7)29-25-43/h10-12,16-17,22-29,37-39,44,49-51H,8-9,13-15,18-21,30-36H2,1-7H3,(H,56,61)/t37?,38?,39?,44-,49+,50?,51?/m0/s1. The van der Waals surface area contributed by atoms with Gasteiger partial charge in [-0.3, -0.25) is 28.8 Å². The van der Waals surface area contributed by atoms with Gasteiger partial charge in [0.15, 0.2) is 0 Å². The second-order valence-electron chi connectivity index (χ2n) is 18.7. The summed E-state index contributed by atoms with van der Waals surface area (Å²) in [4.78, 5) is 77.9. The third kappa shape index (κ3) is 15.4. The fraction of sp³-hybridized carbons (Fsp3) is 0.564. The number of methoxy groups -OCH3 is 2. The predicted octanol–water partition coefficient (Wildman–Crippen LogP) is 8.33. The Hall–Kier alpha value is -5.60. The van der Waals surface area contributed by atoms with Gasteiger partial charge in [0.1, 0.15) is 41.4 Å². The van der Waals surface area contributed by atoms with Crippen molar-refractivity contribution in [1.82, 2.24) is 10.2 Å². The van der Waals surface area contributed by atoms with Crippen molar-refractivity contribution in [1.29, 1.82) is 0 Å².